The van der Waals surface area contributed by atoms with Crippen LogP contribution in [0.5, 0.6) is 6.01 Å². The third-order valence-corrected chi connectivity index (χ3v) is 3.33. The fourth-order valence-corrected chi connectivity index (χ4v) is 2.23. The Balaban J connectivity index is 2.37. The molecular formula is C16H13N3O4. The third kappa shape index (κ3) is 2.64. The summed E-state index contributed by atoms with van der Waals surface area (Å²) in [5, 5.41) is 0.525. The van der Waals surface area contributed by atoms with E-state index in [0.29, 0.717) is 11.1 Å². The van der Waals surface area contributed by atoms with E-state index >= 15 is 0 Å². The van der Waals surface area contributed by atoms with E-state index in [1.807, 2.05) is 30.3 Å². The van der Waals surface area contributed by atoms with Gasteiger partial charge in [0.05, 0.1) is 19.9 Å². The fraction of sp³-hybridized carbons (Fsp3) is 0.125. The van der Waals surface area contributed by atoms with Gasteiger partial charge >= 0.3 is 12.0 Å². The lowest BCUT2D eigenvalue weighted by atomic mass is 10.1. The first-order chi connectivity index (χ1) is 11.1. The first-order valence-corrected chi connectivity index (χ1v) is 6.77. The van der Waals surface area contributed by atoms with Gasteiger partial charge in [-0.25, -0.2) is 4.79 Å². The molecule has 3 rings (SSSR count). The van der Waals surface area contributed by atoms with Crippen LogP contribution in [0.15, 0.2) is 41.2 Å². The summed E-state index contributed by atoms with van der Waals surface area (Å²) in [5.41, 5.74) is 0.957. The summed E-state index contributed by atoms with van der Waals surface area (Å²) < 4.78 is 9.72. The predicted octanol–water partition coefficient (Wildman–Crippen LogP) is 1.78. The number of pyridine rings is 1. The van der Waals surface area contributed by atoms with Crippen molar-refractivity contribution in [2.45, 2.75) is 0 Å². The highest BCUT2D eigenvalue weighted by atomic mass is 16.5. The third-order valence-electron chi connectivity index (χ3n) is 3.33. The summed E-state index contributed by atoms with van der Waals surface area (Å²) in [7, 11) is 2.66. The Hall–Kier alpha value is -3.22. The lowest BCUT2D eigenvalue weighted by Gasteiger charge is -2.09. The number of nitrogens with zero attached hydrogens (tertiary/aromatic N) is 2. The predicted molar refractivity (Wildman–Crippen MR) is 83.5 cm³/mol. The van der Waals surface area contributed by atoms with E-state index in [9.17, 15) is 9.59 Å². The van der Waals surface area contributed by atoms with Crippen LogP contribution >= 0.6 is 0 Å². The van der Waals surface area contributed by atoms with Crippen molar-refractivity contribution >= 4 is 17.0 Å². The maximum Gasteiger partial charge on any atom is 0.343 e. The van der Waals surface area contributed by atoms with Crippen molar-refractivity contribution in [1.29, 1.82) is 0 Å². The van der Waals surface area contributed by atoms with E-state index in [0.717, 1.165) is 5.56 Å². The number of nitrogens with one attached hydrogen (secondary N) is 1. The number of carbonyl (C=O) groups is 1. The number of ether oxygens (including phenoxy) is 2. The molecule has 0 aliphatic carbocycles. The topological polar surface area (TPSA) is 94.2 Å². The number of aromatic amines is 1. The minimum absolute atomic E-state index is 0.106. The molecule has 116 valence electrons. The summed E-state index contributed by atoms with van der Waals surface area (Å²) in [6.45, 7) is 0. The number of fused-ring (bicyclic) bond motifs is 1. The Bertz CT molecular complexity index is 935. The molecule has 0 bridgehead atoms. The van der Waals surface area contributed by atoms with E-state index in [1.165, 1.54) is 20.3 Å². The van der Waals surface area contributed by atoms with Crippen LogP contribution in [-0.2, 0) is 4.74 Å². The molecular weight excluding hydrogens is 298 g/mol. The standard InChI is InChI=1S/C16H13N3O4/c1-22-15(21)11-8-10-12(9-6-4-3-5-7-9)17-16(23-2)19-13(10)18-14(11)20/h3-8H,1-2H3,(H,17,18,19,20). The van der Waals surface area contributed by atoms with Crippen molar-refractivity contribution in [1.82, 2.24) is 15.0 Å². The van der Waals surface area contributed by atoms with Crippen molar-refractivity contribution in [3.05, 3.63) is 52.3 Å². The van der Waals surface area contributed by atoms with Crippen LogP contribution in [0.25, 0.3) is 22.3 Å². The van der Waals surface area contributed by atoms with Gasteiger partial charge in [0, 0.05) is 10.9 Å². The molecule has 0 fully saturated rings. The Morgan fingerprint density at radius 2 is 1.87 bits per heavy atom. The molecule has 1 aromatic carbocycles. The monoisotopic (exact) mass is 311 g/mol. The molecule has 0 amide bonds. The second-order valence-electron chi connectivity index (χ2n) is 4.69. The van der Waals surface area contributed by atoms with Crippen LogP contribution in [0.4, 0.5) is 0 Å². The number of rotatable bonds is 3. The Labute approximate surface area is 130 Å². The highest BCUT2D eigenvalue weighted by molar-refractivity contribution is 5.97. The van der Waals surface area contributed by atoms with Crippen LogP contribution in [0.1, 0.15) is 10.4 Å². The van der Waals surface area contributed by atoms with Crippen molar-refractivity contribution in [3.63, 3.8) is 0 Å². The van der Waals surface area contributed by atoms with Gasteiger partial charge in [-0.05, 0) is 6.07 Å². The van der Waals surface area contributed by atoms with Gasteiger partial charge in [0.2, 0.25) is 0 Å². The average molecular weight is 311 g/mol. The molecule has 0 unspecified atom stereocenters. The van der Waals surface area contributed by atoms with Crippen molar-refractivity contribution in [3.8, 4) is 17.3 Å². The van der Waals surface area contributed by atoms with Crippen LogP contribution in [0.3, 0.4) is 0 Å². The lowest BCUT2D eigenvalue weighted by Crippen LogP contribution is -2.19. The molecule has 0 saturated carbocycles. The summed E-state index contributed by atoms with van der Waals surface area (Å²) in [6.07, 6.45) is 0. The fourth-order valence-electron chi connectivity index (χ4n) is 2.23. The molecule has 0 spiro atoms. The van der Waals surface area contributed by atoms with E-state index in [-0.39, 0.29) is 17.2 Å². The first kappa shape index (κ1) is 14.7. The molecule has 3 aromatic rings. The molecule has 0 atom stereocenters. The van der Waals surface area contributed by atoms with Gasteiger partial charge in [-0.2, -0.15) is 9.97 Å². The number of benzene rings is 1. The van der Waals surface area contributed by atoms with Gasteiger partial charge in [-0.3, -0.25) is 4.79 Å². The number of methoxy groups -OCH3 is 2. The van der Waals surface area contributed by atoms with E-state index < -0.39 is 11.5 Å². The molecule has 1 N–H and O–H groups in total. The van der Waals surface area contributed by atoms with Crippen LogP contribution in [0, 0.1) is 0 Å². The largest absolute Gasteiger partial charge is 0.467 e. The Morgan fingerprint density at radius 1 is 1.13 bits per heavy atom. The molecule has 0 aliphatic rings. The minimum atomic E-state index is -0.719. The van der Waals surface area contributed by atoms with Gasteiger partial charge in [-0.15, -0.1) is 0 Å². The van der Waals surface area contributed by atoms with Gasteiger partial charge in [0.1, 0.15) is 11.2 Å². The number of hydrogen-bond acceptors (Lipinski definition) is 6. The number of carbonyl (C=O) groups excluding carboxylic acids is 1. The lowest BCUT2D eigenvalue weighted by molar-refractivity contribution is 0.0599. The van der Waals surface area contributed by atoms with Crippen LogP contribution < -0.4 is 10.3 Å². The molecule has 7 nitrogen and oxygen atoms in total. The Morgan fingerprint density at radius 3 is 2.52 bits per heavy atom. The van der Waals surface area contributed by atoms with Gasteiger partial charge < -0.3 is 14.5 Å². The maximum atomic E-state index is 12.0. The molecule has 0 radical (unpaired) electrons. The quantitative estimate of drug-likeness (QED) is 0.741. The second kappa shape index (κ2) is 5.88. The van der Waals surface area contributed by atoms with Crippen LogP contribution in [0.2, 0.25) is 0 Å². The summed E-state index contributed by atoms with van der Waals surface area (Å²) in [6, 6.07) is 10.9. The number of aromatic nitrogens is 3. The molecule has 2 heterocycles. The summed E-state index contributed by atoms with van der Waals surface area (Å²) in [4.78, 5) is 34.8. The number of esters is 1. The normalized spacial score (nSPS) is 10.5. The van der Waals surface area contributed by atoms with E-state index in [2.05, 4.69) is 19.7 Å². The Kier molecular flexibility index (Phi) is 3.76. The zero-order chi connectivity index (χ0) is 16.4. The second-order valence-corrected chi connectivity index (χ2v) is 4.69. The summed E-state index contributed by atoms with van der Waals surface area (Å²) >= 11 is 0. The highest BCUT2D eigenvalue weighted by Crippen LogP contribution is 2.26. The first-order valence-electron chi connectivity index (χ1n) is 6.77. The van der Waals surface area contributed by atoms with Crippen molar-refractivity contribution < 1.29 is 14.3 Å². The zero-order valence-corrected chi connectivity index (χ0v) is 12.5. The summed E-state index contributed by atoms with van der Waals surface area (Å²) in [5.74, 6) is -0.719. The molecule has 7 heteroatoms. The van der Waals surface area contributed by atoms with E-state index in [4.69, 9.17) is 4.74 Å². The van der Waals surface area contributed by atoms with Crippen molar-refractivity contribution in [2.24, 2.45) is 0 Å². The molecule has 0 aliphatic heterocycles. The van der Waals surface area contributed by atoms with E-state index in [1.54, 1.807) is 0 Å². The van der Waals surface area contributed by atoms with Gasteiger partial charge in [-0.1, -0.05) is 30.3 Å². The van der Waals surface area contributed by atoms with Crippen LogP contribution in [-0.4, -0.2) is 35.1 Å². The average Bonchev–Trinajstić information content (AvgIpc) is 2.60. The van der Waals surface area contributed by atoms with Gasteiger partial charge in [0.15, 0.2) is 0 Å². The molecule has 2 aromatic heterocycles. The van der Waals surface area contributed by atoms with Crippen molar-refractivity contribution in [2.75, 3.05) is 14.2 Å². The SMILES string of the molecule is COC(=O)c1cc2c(-c3ccccc3)nc(OC)nc2[nH]c1=O. The minimum Gasteiger partial charge on any atom is -0.467 e. The molecule has 0 saturated heterocycles. The molecule has 23 heavy (non-hydrogen) atoms. The van der Waals surface area contributed by atoms with Gasteiger partial charge in [0.25, 0.3) is 5.56 Å². The highest BCUT2D eigenvalue weighted by Gasteiger charge is 2.17. The zero-order valence-electron chi connectivity index (χ0n) is 12.5. The smallest absolute Gasteiger partial charge is 0.343 e. The number of hydrogen-bond donors (Lipinski definition) is 1. The maximum absolute atomic E-state index is 12.0. The number of H-pyrrole nitrogens is 1.